The molecule has 1 fully saturated rings. The molecule has 20 heavy (non-hydrogen) atoms. The predicted octanol–water partition coefficient (Wildman–Crippen LogP) is 1.02. The van der Waals surface area contributed by atoms with E-state index in [4.69, 9.17) is 4.98 Å². The molecule has 1 N–H and O–H groups in total. The van der Waals surface area contributed by atoms with Crippen molar-refractivity contribution in [3.05, 3.63) is 24.3 Å². The number of nitrogens with one attached hydrogen (secondary N) is 1. The molecule has 0 aromatic carbocycles. The highest BCUT2D eigenvalue weighted by Gasteiger charge is 2.23. The van der Waals surface area contributed by atoms with Crippen LogP contribution in [-0.4, -0.2) is 46.9 Å². The number of hydrogen-bond acceptors (Lipinski definition) is 5. The maximum absolute atomic E-state index is 4.78. The SMILES string of the molecule is CN(C)c1ncc(-c2cnn(C)c2)c([C@H]2CCNC2)n1. The van der Waals surface area contributed by atoms with Crippen molar-refractivity contribution in [3.63, 3.8) is 0 Å². The molecule has 106 valence electrons. The Morgan fingerprint density at radius 3 is 2.80 bits per heavy atom. The second kappa shape index (κ2) is 5.20. The van der Waals surface area contributed by atoms with Crippen molar-refractivity contribution in [2.45, 2.75) is 12.3 Å². The van der Waals surface area contributed by atoms with Crippen LogP contribution >= 0.6 is 0 Å². The number of aromatic nitrogens is 4. The van der Waals surface area contributed by atoms with Crippen molar-refractivity contribution < 1.29 is 0 Å². The lowest BCUT2D eigenvalue weighted by Gasteiger charge is -2.17. The summed E-state index contributed by atoms with van der Waals surface area (Å²) in [7, 11) is 5.86. The van der Waals surface area contributed by atoms with E-state index in [1.54, 1.807) is 0 Å². The molecule has 0 spiro atoms. The maximum Gasteiger partial charge on any atom is 0.225 e. The minimum Gasteiger partial charge on any atom is -0.347 e. The zero-order valence-corrected chi connectivity index (χ0v) is 12.2. The number of rotatable bonds is 3. The molecule has 0 aliphatic carbocycles. The van der Waals surface area contributed by atoms with Gasteiger partial charge in [0.15, 0.2) is 0 Å². The highest BCUT2D eigenvalue weighted by molar-refractivity contribution is 5.65. The number of aryl methyl sites for hydroxylation is 1. The van der Waals surface area contributed by atoms with E-state index in [1.165, 1.54) is 0 Å². The van der Waals surface area contributed by atoms with Gasteiger partial charge >= 0.3 is 0 Å². The Kier molecular flexibility index (Phi) is 3.40. The molecular weight excluding hydrogens is 252 g/mol. The molecule has 0 amide bonds. The summed E-state index contributed by atoms with van der Waals surface area (Å²) >= 11 is 0. The summed E-state index contributed by atoms with van der Waals surface area (Å²) in [5.74, 6) is 1.21. The minimum atomic E-state index is 0.451. The van der Waals surface area contributed by atoms with Crippen LogP contribution in [0.15, 0.2) is 18.6 Å². The van der Waals surface area contributed by atoms with Gasteiger partial charge in [0.05, 0.1) is 11.9 Å². The first-order chi connectivity index (χ1) is 9.65. The first kappa shape index (κ1) is 13.1. The number of nitrogens with zero attached hydrogens (tertiary/aromatic N) is 5. The average Bonchev–Trinajstić information content (AvgIpc) is 3.09. The second-order valence-electron chi connectivity index (χ2n) is 5.46. The quantitative estimate of drug-likeness (QED) is 0.904. The van der Waals surface area contributed by atoms with Crippen molar-refractivity contribution >= 4 is 5.95 Å². The predicted molar refractivity (Wildman–Crippen MR) is 78.8 cm³/mol. The lowest BCUT2D eigenvalue weighted by Crippen LogP contribution is -2.16. The first-order valence-corrected chi connectivity index (χ1v) is 6.89. The highest BCUT2D eigenvalue weighted by Crippen LogP contribution is 2.31. The molecule has 1 aliphatic heterocycles. The second-order valence-corrected chi connectivity index (χ2v) is 5.46. The smallest absolute Gasteiger partial charge is 0.225 e. The van der Waals surface area contributed by atoms with Crippen molar-refractivity contribution in [3.8, 4) is 11.1 Å². The van der Waals surface area contributed by atoms with Crippen LogP contribution < -0.4 is 10.2 Å². The Morgan fingerprint density at radius 1 is 1.35 bits per heavy atom. The molecule has 1 saturated heterocycles. The molecule has 1 atom stereocenters. The van der Waals surface area contributed by atoms with E-state index in [0.717, 1.165) is 42.3 Å². The van der Waals surface area contributed by atoms with E-state index in [0.29, 0.717) is 5.92 Å². The van der Waals surface area contributed by atoms with Crippen LogP contribution in [0.2, 0.25) is 0 Å². The summed E-state index contributed by atoms with van der Waals surface area (Å²) in [6.07, 6.45) is 6.93. The third kappa shape index (κ3) is 2.38. The summed E-state index contributed by atoms with van der Waals surface area (Å²) < 4.78 is 1.81. The molecule has 2 aromatic rings. The molecule has 3 heterocycles. The summed E-state index contributed by atoms with van der Waals surface area (Å²) in [5.41, 5.74) is 3.30. The van der Waals surface area contributed by atoms with E-state index in [9.17, 15) is 0 Å². The summed E-state index contributed by atoms with van der Waals surface area (Å²) in [6, 6.07) is 0. The molecule has 2 aromatic heterocycles. The van der Waals surface area contributed by atoms with Crippen LogP contribution in [0, 0.1) is 0 Å². The van der Waals surface area contributed by atoms with E-state index >= 15 is 0 Å². The third-order valence-electron chi connectivity index (χ3n) is 3.67. The number of hydrogen-bond donors (Lipinski definition) is 1. The Hall–Kier alpha value is -1.95. The fourth-order valence-corrected chi connectivity index (χ4v) is 2.58. The topological polar surface area (TPSA) is 58.9 Å². The zero-order valence-electron chi connectivity index (χ0n) is 12.2. The fraction of sp³-hybridized carbons (Fsp3) is 0.500. The van der Waals surface area contributed by atoms with Crippen LogP contribution in [0.25, 0.3) is 11.1 Å². The molecule has 6 heteroatoms. The minimum absolute atomic E-state index is 0.451. The van der Waals surface area contributed by atoms with Gasteiger partial charge in [-0.1, -0.05) is 0 Å². The standard InChI is InChI=1S/C14H20N6/c1-19(2)14-16-8-12(11-7-17-20(3)9-11)13(18-14)10-4-5-15-6-10/h7-10,15H,4-6H2,1-3H3/t10-/m0/s1. The van der Waals surface area contributed by atoms with Gasteiger partial charge in [-0.25, -0.2) is 9.97 Å². The van der Waals surface area contributed by atoms with Gasteiger partial charge in [-0.3, -0.25) is 4.68 Å². The number of anilines is 1. The Bertz CT molecular complexity index is 597. The molecule has 6 nitrogen and oxygen atoms in total. The van der Waals surface area contributed by atoms with Gasteiger partial charge in [-0.2, -0.15) is 5.10 Å². The van der Waals surface area contributed by atoms with Gasteiger partial charge in [-0.05, 0) is 13.0 Å². The summed E-state index contributed by atoms with van der Waals surface area (Å²) in [6.45, 7) is 2.04. The van der Waals surface area contributed by atoms with Gasteiger partial charge in [-0.15, -0.1) is 0 Å². The molecule has 0 bridgehead atoms. The van der Waals surface area contributed by atoms with Gasteiger partial charge in [0.2, 0.25) is 5.95 Å². The average molecular weight is 272 g/mol. The summed E-state index contributed by atoms with van der Waals surface area (Å²) in [4.78, 5) is 11.2. The summed E-state index contributed by atoms with van der Waals surface area (Å²) in [5, 5.41) is 7.66. The van der Waals surface area contributed by atoms with Crippen LogP contribution in [0.4, 0.5) is 5.95 Å². The van der Waals surface area contributed by atoms with Crippen molar-refractivity contribution in [1.29, 1.82) is 0 Å². The molecule has 0 saturated carbocycles. The maximum atomic E-state index is 4.78. The van der Waals surface area contributed by atoms with Crippen molar-refractivity contribution in [2.75, 3.05) is 32.1 Å². The van der Waals surface area contributed by atoms with Crippen molar-refractivity contribution in [1.82, 2.24) is 25.1 Å². The molecule has 3 rings (SSSR count). The lowest BCUT2D eigenvalue weighted by atomic mass is 9.97. The van der Waals surface area contributed by atoms with Crippen LogP contribution in [-0.2, 0) is 7.05 Å². The first-order valence-electron chi connectivity index (χ1n) is 6.89. The fourth-order valence-electron chi connectivity index (χ4n) is 2.58. The molecule has 0 radical (unpaired) electrons. The van der Waals surface area contributed by atoms with E-state index < -0.39 is 0 Å². The van der Waals surface area contributed by atoms with E-state index in [1.807, 2.05) is 49.3 Å². The third-order valence-corrected chi connectivity index (χ3v) is 3.67. The van der Waals surface area contributed by atoms with Gasteiger partial charge in [0.25, 0.3) is 0 Å². The van der Waals surface area contributed by atoms with E-state index in [-0.39, 0.29) is 0 Å². The normalized spacial score (nSPS) is 18.4. The van der Waals surface area contributed by atoms with Gasteiger partial charge in [0.1, 0.15) is 0 Å². The van der Waals surface area contributed by atoms with Crippen LogP contribution in [0.5, 0.6) is 0 Å². The van der Waals surface area contributed by atoms with Crippen LogP contribution in [0.3, 0.4) is 0 Å². The Morgan fingerprint density at radius 2 is 2.20 bits per heavy atom. The molecular formula is C14H20N6. The Balaban J connectivity index is 2.07. The molecule has 0 unspecified atom stereocenters. The van der Waals surface area contributed by atoms with Gasteiger partial charge in [0, 0.05) is 57.1 Å². The van der Waals surface area contributed by atoms with E-state index in [2.05, 4.69) is 15.4 Å². The largest absolute Gasteiger partial charge is 0.347 e. The molecule has 1 aliphatic rings. The zero-order chi connectivity index (χ0) is 14.1. The van der Waals surface area contributed by atoms with Crippen molar-refractivity contribution in [2.24, 2.45) is 7.05 Å². The van der Waals surface area contributed by atoms with Crippen LogP contribution in [0.1, 0.15) is 18.0 Å². The monoisotopic (exact) mass is 272 g/mol. The van der Waals surface area contributed by atoms with Gasteiger partial charge < -0.3 is 10.2 Å². The highest BCUT2D eigenvalue weighted by atomic mass is 15.2. The lowest BCUT2D eigenvalue weighted by molar-refractivity contribution is 0.730. The Labute approximate surface area is 118 Å².